The summed E-state index contributed by atoms with van der Waals surface area (Å²) in [7, 11) is 0. The number of aromatic nitrogens is 2. The topological polar surface area (TPSA) is 54.2 Å². The van der Waals surface area contributed by atoms with Gasteiger partial charge in [0, 0.05) is 19.6 Å². The molecular weight excluding hydrogens is 262 g/mol. The molecule has 0 aliphatic heterocycles. The van der Waals surface area contributed by atoms with Crippen LogP contribution in [0.15, 0.2) is 41.9 Å². The zero-order chi connectivity index (χ0) is 15.1. The molecule has 0 radical (unpaired) electrons. The van der Waals surface area contributed by atoms with Gasteiger partial charge >= 0.3 is 0 Å². The van der Waals surface area contributed by atoms with E-state index in [-0.39, 0.29) is 0 Å². The Morgan fingerprint density at radius 2 is 2.19 bits per heavy atom. The molecule has 0 aliphatic carbocycles. The first-order valence-electron chi connectivity index (χ1n) is 7.31. The van der Waals surface area contributed by atoms with E-state index in [1.54, 1.807) is 0 Å². The second-order valence-corrected chi connectivity index (χ2v) is 4.73. The molecule has 0 fully saturated rings. The van der Waals surface area contributed by atoms with Crippen LogP contribution < -0.4 is 10.6 Å². The summed E-state index contributed by atoms with van der Waals surface area (Å²) in [6.07, 6.45) is 1.82. The van der Waals surface area contributed by atoms with Crippen LogP contribution in [0.1, 0.15) is 12.7 Å². The lowest BCUT2D eigenvalue weighted by molar-refractivity contribution is 0.697. The van der Waals surface area contributed by atoms with Gasteiger partial charge in [0.05, 0.1) is 17.6 Å². The maximum atomic E-state index is 4.57. The summed E-state index contributed by atoms with van der Waals surface area (Å²) in [4.78, 5) is 9.14. The van der Waals surface area contributed by atoms with E-state index in [1.807, 2.05) is 31.2 Å². The molecule has 2 N–H and O–H groups in total. The number of para-hydroxylation sites is 2. The van der Waals surface area contributed by atoms with Crippen LogP contribution in [0.4, 0.5) is 0 Å². The van der Waals surface area contributed by atoms with Gasteiger partial charge in [-0.1, -0.05) is 18.2 Å². The van der Waals surface area contributed by atoms with Crippen LogP contribution in [0, 0.1) is 6.92 Å². The molecule has 0 bridgehead atoms. The molecule has 0 atom stereocenters. The number of hydrogen-bond acceptors (Lipinski definition) is 2. The van der Waals surface area contributed by atoms with Gasteiger partial charge in [-0.25, -0.2) is 4.98 Å². The van der Waals surface area contributed by atoms with Crippen molar-refractivity contribution in [1.82, 2.24) is 20.2 Å². The predicted molar refractivity (Wildman–Crippen MR) is 88.6 cm³/mol. The maximum Gasteiger partial charge on any atom is 0.191 e. The van der Waals surface area contributed by atoms with Crippen molar-refractivity contribution in [3.05, 3.63) is 42.7 Å². The lowest BCUT2D eigenvalue weighted by Crippen LogP contribution is -2.37. The molecule has 21 heavy (non-hydrogen) atoms. The molecule has 0 saturated carbocycles. The van der Waals surface area contributed by atoms with Crippen molar-refractivity contribution in [3.8, 4) is 0 Å². The third-order valence-electron chi connectivity index (χ3n) is 3.20. The molecule has 0 saturated heterocycles. The van der Waals surface area contributed by atoms with Crippen molar-refractivity contribution in [3.63, 3.8) is 0 Å². The summed E-state index contributed by atoms with van der Waals surface area (Å²) in [6.45, 7) is 10.9. The summed E-state index contributed by atoms with van der Waals surface area (Å²) in [6, 6.07) is 8.19. The zero-order valence-electron chi connectivity index (χ0n) is 12.8. The maximum absolute atomic E-state index is 4.57. The summed E-state index contributed by atoms with van der Waals surface area (Å²) in [5.74, 6) is 1.84. The highest BCUT2D eigenvalue weighted by molar-refractivity contribution is 5.80. The van der Waals surface area contributed by atoms with Crippen molar-refractivity contribution in [2.45, 2.75) is 20.4 Å². The van der Waals surface area contributed by atoms with Crippen LogP contribution in [0.3, 0.4) is 0 Å². The standard InChI is InChI=1S/C16H23N5/c1-4-10-18-16(17-5-2)19-11-12-21-13(3)20-14-8-6-7-9-15(14)21/h4,6-9H,1,5,10-12H2,2-3H3,(H2,17,18,19). The van der Waals surface area contributed by atoms with E-state index in [2.05, 4.69) is 44.7 Å². The third-order valence-corrected chi connectivity index (χ3v) is 3.20. The van der Waals surface area contributed by atoms with Crippen molar-refractivity contribution < 1.29 is 0 Å². The summed E-state index contributed by atoms with van der Waals surface area (Å²) in [5, 5.41) is 6.41. The number of imidazole rings is 1. The van der Waals surface area contributed by atoms with E-state index in [4.69, 9.17) is 0 Å². The highest BCUT2D eigenvalue weighted by atomic mass is 15.2. The summed E-state index contributed by atoms with van der Waals surface area (Å²) >= 11 is 0. The molecule has 2 rings (SSSR count). The van der Waals surface area contributed by atoms with Gasteiger partial charge in [0.15, 0.2) is 5.96 Å². The van der Waals surface area contributed by atoms with Gasteiger partial charge in [-0.3, -0.25) is 4.99 Å². The Balaban J connectivity index is 2.06. The van der Waals surface area contributed by atoms with E-state index in [1.165, 1.54) is 0 Å². The van der Waals surface area contributed by atoms with Crippen LogP contribution in [-0.2, 0) is 6.54 Å². The average Bonchev–Trinajstić information content (AvgIpc) is 2.81. The molecule has 0 unspecified atom stereocenters. The Bertz CT molecular complexity index is 627. The van der Waals surface area contributed by atoms with Crippen LogP contribution in [0.25, 0.3) is 11.0 Å². The minimum Gasteiger partial charge on any atom is -0.357 e. The molecule has 0 aliphatic rings. The number of aliphatic imine (C=N–C) groups is 1. The van der Waals surface area contributed by atoms with Gasteiger partial charge in [-0.15, -0.1) is 6.58 Å². The number of aryl methyl sites for hydroxylation is 1. The van der Waals surface area contributed by atoms with Crippen molar-refractivity contribution in [2.24, 2.45) is 4.99 Å². The Morgan fingerprint density at radius 1 is 1.38 bits per heavy atom. The molecular formula is C16H23N5. The van der Waals surface area contributed by atoms with Crippen LogP contribution in [-0.4, -0.2) is 35.1 Å². The number of hydrogen-bond donors (Lipinski definition) is 2. The highest BCUT2D eigenvalue weighted by Crippen LogP contribution is 2.14. The number of rotatable bonds is 6. The smallest absolute Gasteiger partial charge is 0.191 e. The SMILES string of the molecule is C=CCNC(=NCCn1c(C)nc2ccccc21)NCC. The second-order valence-electron chi connectivity index (χ2n) is 4.73. The molecule has 2 aromatic rings. The summed E-state index contributed by atoms with van der Waals surface area (Å²) < 4.78 is 2.20. The largest absolute Gasteiger partial charge is 0.357 e. The minimum absolute atomic E-state index is 0.702. The lowest BCUT2D eigenvalue weighted by Gasteiger charge is -2.10. The molecule has 1 aromatic heterocycles. The molecule has 5 heteroatoms. The highest BCUT2D eigenvalue weighted by Gasteiger charge is 2.05. The Morgan fingerprint density at radius 3 is 2.95 bits per heavy atom. The van der Waals surface area contributed by atoms with Crippen molar-refractivity contribution in [2.75, 3.05) is 19.6 Å². The molecule has 0 spiro atoms. The van der Waals surface area contributed by atoms with Gasteiger partial charge < -0.3 is 15.2 Å². The van der Waals surface area contributed by atoms with Crippen molar-refractivity contribution in [1.29, 1.82) is 0 Å². The second kappa shape index (κ2) is 7.47. The number of nitrogens with one attached hydrogen (secondary N) is 2. The van der Waals surface area contributed by atoms with Gasteiger partial charge in [0.25, 0.3) is 0 Å². The quantitative estimate of drug-likeness (QED) is 0.485. The first kappa shape index (κ1) is 15.1. The van der Waals surface area contributed by atoms with Crippen LogP contribution in [0.2, 0.25) is 0 Å². The Labute approximate surface area is 125 Å². The van der Waals surface area contributed by atoms with E-state index >= 15 is 0 Å². The number of benzene rings is 1. The van der Waals surface area contributed by atoms with E-state index in [0.29, 0.717) is 13.1 Å². The molecule has 5 nitrogen and oxygen atoms in total. The van der Waals surface area contributed by atoms with Crippen LogP contribution >= 0.6 is 0 Å². The first-order chi connectivity index (χ1) is 10.3. The summed E-state index contributed by atoms with van der Waals surface area (Å²) in [5.41, 5.74) is 2.20. The van der Waals surface area contributed by atoms with E-state index < -0.39 is 0 Å². The van der Waals surface area contributed by atoms with E-state index in [9.17, 15) is 0 Å². The monoisotopic (exact) mass is 285 g/mol. The Kier molecular flexibility index (Phi) is 5.37. The van der Waals surface area contributed by atoms with Gasteiger partial charge in [-0.2, -0.15) is 0 Å². The average molecular weight is 285 g/mol. The van der Waals surface area contributed by atoms with Gasteiger partial charge in [0.2, 0.25) is 0 Å². The number of nitrogens with zero attached hydrogens (tertiary/aromatic N) is 3. The van der Waals surface area contributed by atoms with Crippen molar-refractivity contribution >= 4 is 17.0 Å². The molecule has 1 aromatic carbocycles. The number of guanidine groups is 1. The fraction of sp³-hybridized carbons (Fsp3) is 0.375. The van der Waals surface area contributed by atoms with Gasteiger partial charge in [-0.05, 0) is 26.0 Å². The Hall–Kier alpha value is -2.30. The fourth-order valence-corrected chi connectivity index (χ4v) is 2.25. The molecule has 0 amide bonds. The third kappa shape index (κ3) is 3.84. The fourth-order valence-electron chi connectivity index (χ4n) is 2.25. The van der Waals surface area contributed by atoms with E-state index in [0.717, 1.165) is 35.9 Å². The van der Waals surface area contributed by atoms with Gasteiger partial charge in [0.1, 0.15) is 5.82 Å². The lowest BCUT2D eigenvalue weighted by atomic mass is 10.3. The number of fused-ring (bicyclic) bond motifs is 1. The first-order valence-corrected chi connectivity index (χ1v) is 7.31. The predicted octanol–water partition coefficient (Wildman–Crippen LogP) is 2.09. The zero-order valence-corrected chi connectivity index (χ0v) is 12.8. The molecule has 112 valence electrons. The minimum atomic E-state index is 0.702. The molecule has 1 heterocycles. The normalized spacial score (nSPS) is 11.6. The van der Waals surface area contributed by atoms with Crippen LogP contribution in [0.5, 0.6) is 0 Å².